The minimum Gasteiger partial charge on any atom is -0.497 e. The van der Waals surface area contributed by atoms with Gasteiger partial charge in [0.2, 0.25) is 0 Å². The molecule has 2 rings (SSSR count). The molecule has 18 heavy (non-hydrogen) atoms. The molecule has 0 fully saturated rings. The highest BCUT2D eigenvalue weighted by Gasteiger charge is 2.15. The van der Waals surface area contributed by atoms with Gasteiger partial charge in [0.1, 0.15) is 11.4 Å². The summed E-state index contributed by atoms with van der Waals surface area (Å²) in [6, 6.07) is 7.34. The number of ether oxygens (including phenoxy) is 1. The van der Waals surface area contributed by atoms with Crippen LogP contribution in [0.25, 0.3) is 0 Å². The average molecular weight is 262 g/mol. The molecule has 0 saturated carbocycles. The van der Waals surface area contributed by atoms with E-state index in [2.05, 4.69) is 4.98 Å². The van der Waals surface area contributed by atoms with Gasteiger partial charge in [-0.25, -0.2) is 4.98 Å². The van der Waals surface area contributed by atoms with Crippen LogP contribution in [0.2, 0.25) is 0 Å². The monoisotopic (exact) mass is 262 g/mol. The van der Waals surface area contributed by atoms with Crippen LogP contribution in [0.5, 0.6) is 5.75 Å². The lowest BCUT2D eigenvalue weighted by Crippen LogP contribution is -2.26. The molecule has 94 valence electrons. The molecule has 0 radical (unpaired) electrons. The van der Waals surface area contributed by atoms with Gasteiger partial charge in [0.05, 0.1) is 12.1 Å². The van der Waals surface area contributed by atoms with E-state index in [1.165, 1.54) is 11.3 Å². The van der Waals surface area contributed by atoms with Crippen molar-refractivity contribution in [1.82, 2.24) is 4.98 Å². The molecule has 2 aromatic rings. The van der Waals surface area contributed by atoms with Gasteiger partial charge in [0.25, 0.3) is 5.91 Å². The van der Waals surface area contributed by atoms with Gasteiger partial charge in [0, 0.05) is 18.1 Å². The predicted octanol–water partition coefficient (Wildman–Crippen LogP) is 2.74. The highest BCUT2D eigenvalue weighted by molar-refractivity contribution is 7.09. The molecular formula is C13H14N2O2S. The van der Waals surface area contributed by atoms with E-state index in [4.69, 9.17) is 4.74 Å². The number of amides is 1. The van der Waals surface area contributed by atoms with E-state index in [9.17, 15) is 4.79 Å². The summed E-state index contributed by atoms with van der Waals surface area (Å²) >= 11 is 1.47. The maximum atomic E-state index is 12.2. The van der Waals surface area contributed by atoms with Crippen molar-refractivity contribution in [1.29, 1.82) is 0 Å². The summed E-state index contributed by atoms with van der Waals surface area (Å²) in [5, 5.41) is 2.67. The predicted molar refractivity (Wildman–Crippen MR) is 72.6 cm³/mol. The van der Waals surface area contributed by atoms with Crippen molar-refractivity contribution in [3.05, 3.63) is 40.3 Å². The van der Waals surface area contributed by atoms with Crippen LogP contribution >= 0.6 is 11.3 Å². The van der Waals surface area contributed by atoms with Crippen molar-refractivity contribution in [2.24, 2.45) is 0 Å². The first-order chi connectivity index (χ1) is 8.61. The highest BCUT2D eigenvalue weighted by atomic mass is 32.1. The first-order valence-corrected chi connectivity index (χ1v) is 6.34. The molecule has 0 spiro atoms. The Labute approximate surface area is 110 Å². The summed E-state index contributed by atoms with van der Waals surface area (Å²) in [6.07, 6.45) is 0. The number of hydrogen-bond acceptors (Lipinski definition) is 4. The lowest BCUT2D eigenvalue weighted by Gasteiger charge is -2.16. The molecule has 1 aromatic heterocycles. The molecule has 5 heteroatoms. The standard InChI is InChI=1S/C13H14N2O2S/c1-9-14-12(8-18-9)13(16)15(2)10-4-6-11(17-3)7-5-10/h4-8H,1-3H3. The summed E-state index contributed by atoms with van der Waals surface area (Å²) < 4.78 is 5.08. The summed E-state index contributed by atoms with van der Waals surface area (Å²) in [5.74, 6) is 0.661. The van der Waals surface area contributed by atoms with Gasteiger partial charge in [-0.15, -0.1) is 11.3 Å². The minimum atomic E-state index is -0.107. The Balaban J connectivity index is 2.19. The molecule has 1 heterocycles. The number of carbonyl (C=O) groups excluding carboxylic acids is 1. The molecule has 0 unspecified atom stereocenters. The molecule has 1 amide bonds. The van der Waals surface area contributed by atoms with E-state index in [1.54, 1.807) is 24.4 Å². The molecular weight excluding hydrogens is 248 g/mol. The highest BCUT2D eigenvalue weighted by Crippen LogP contribution is 2.20. The van der Waals surface area contributed by atoms with Crippen LogP contribution < -0.4 is 9.64 Å². The van der Waals surface area contributed by atoms with Crippen molar-refractivity contribution >= 4 is 22.9 Å². The van der Waals surface area contributed by atoms with Gasteiger partial charge in [-0.3, -0.25) is 4.79 Å². The fourth-order valence-corrected chi connectivity index (χ4v) is 2.14. The van der Waals surface area contributed by atoms with Gasteiger partial charge in [-0.05, 0) is 31.2 Å². The van der Waals surface area contributed by atoms with Gasteiger partial charge in [0.15, 0.2) is 0 Å². The number of aryl methyl sites for hydroxylation is 1. The summed E-state index contributed by atoms with van der Waals surface area (Å²) in [5.41, 5.74) is 1.29. The zero-order valence-electron chi connectivity index (χ0n) is 10.5. The second-order valence-corrected chi connectivity index (χ2v) is 4.88. The van der Waals surface area contributed by atoms with E-state index in [-0.39, 0.29) is 5.91 Å². The van der Waals surface area contributed by atoms with Crippen LogP contribution in [0.15, 0.2) is 29.6 Å². The number of anilines is 1. The fourth-order valence-electron chi connectivity index (χ4n) is 1.56. The Bertz CT molecular complexity index is 548. The van der Waals surface area contributed by atoms with Crippen LogP contribution in [0.4, 0.5) is 5.69 Å². The Morgan fingerprint density at radius 3 is 2.50 bits per heavy atom. The first kappa shape index (κ1) is 12.6. The van der Waals surface area contributed by atoms with Crippen LogP contribution in [0.1, 0.15) is 15.5 Å². The minimum absolute atomic E-state index is 0.107. The number of hydrogen-bond donors (Lipinski definition) is 0. The Morgan fingerprint density at radius 2 is 2.00 bits per heavy atom. The largest absolute Gasteiger partial charge is 0.497 e. The number of aromatic nitrogens is 1. The SMILES string of the molecule is COc1ccc(N(C)C(=O)c2csc(C)n2)cc1. The smallest absolute Gasteiger partial charge is 0.277 e. The van der Waals surface area contributed by atoms with Crippen molar-refractivity contribution in [2.45, 2.75) is 6.92 Å². The van der Waals surface area contributed by atoms with Gasteiger partial charge in [-0.1, -0.05) is 0 Å². The molecule has 0 aliphatic heterocycles. The molecule has 0 bridgehead atoms. The number of carbonyl (C=O) groups is 1. The number of thiazole rings is 1. The van der Waals surface area contributed by atoms with Gasteiger partial charge < -0.3 is 9.64 Å². The molecule has 4 nitrogen and oxygen atoms in total. The maximum Gasteiger partial charge on any atom is 0.277 e. The van der Waals surface area contributed by atoms with Crippen LogP contribution in [-0.2, 0) is 0 Å². The third-order valence-corrected chi connectivity index (χ3v) is 3.38. The lowest BCUT2D eigenvalue weighted by molar-refractivity contribution is 0.0989. The normalized spacial score (nSPS) is 10.2. The fraction of sp³-hybridized carbons (Fsp3) is 0.231. The molecule has 1 aromatic carbocycles. The number of methoxy groups -OCH3 is 1. The Hall–Kier alpha value is -1.88. The molecule has 0 N–H and O–H groups in total. The maximum absolute atomic E-state index is 12.2. The average Bonchev–Trinajstić information content (AvgIpc) is 2.84. The lowest BCUT2D eigenvalue weighted by atomic mass is 10.2. The second kappa shape index (κ2) is 5.18. The van der Waals surface area contributed by atoms with Gasteiger partial charge in [-0.2, -0.15) is 0 Å². The van der Waals surface area contributed by atoms with Crippen LogP contribution in [-0.4, -0.2) is 25.0 Å². The van der Waals surface area contributed by atoms with E-state index in [1.807, 2.05) is 31.2 Å². The molecule has 0 atom stereocenters. The number of rotatable bonds is 3. The van der Waals surface area contributed by atoms with Crippen molar-refractivity contribution in [3.8, 4) is 5.75 Å². The zero-order chi connectivity index (χ0) is 13.1. The van der Waals surface area contributed by atoms with E-state index < -0.39 is 0 Å². The Morgan fingerprint density at radius 1 is 1.33 bits per heavy atom. The van der Waals surface area contributed by atoms with E-state index >= 15 is 0 Å². The van der Waals surface area contributed by atoms with Crippen LogP contribution in [0.3, 0.4) is 0 Å². The molecule has 0 aliphatic carbocycles. The van der Waals surface area contributed by atoms with Crippen molar-refractivity contribution in [2.75, 3.05) is 19.1 Å². The summed E-state index contributed by atoms with van der Waals surface area (Å²) in [7, 11) is 3.35. The van der Waals surface area contributed by atoms with E-state index in [0.29, 0.717) is 5.69 Å². The molecule has 0 aliphatic rings. The zero-order valence-corrected chi connectivity index (χ0v) is 11.3. The van der Waals surface area contributed by atoms with Crippen LogP contribution in [0, 0.1) is 6.92 Å². The van der Waals surface area contributed by atoms with Crippen molar-refractivity contribution in [3.63, 3.8) is 0 Å². The van der Waals surface area contributed by atoms with E-state index in [0.717, 1.165) is 16.4 Å². The molecule has 0 saturated heterocycles. The summed E-state index contributed by atoms with van der Waals surface area (Å²) in [6.45, 7) is 1.88. The number of benzene rings is 1. The second-order valence-electron chi connectivity index (χ2n) is 3.81. The number of nitrogens with zero attached hydrogens (tertiary/aromatic N) is 2. The summed E-state index contributed by atoms with van der Waals surface area (Å²) in [4.78, 5) is 17.9. The van der Waals surface area contributed by atoms with Crippen molar-refractivity contribution < 1.29 is 9.53 Å². The van der Waals surface area contributed by atoms with Gasteiger partial charge >= 0.3 is 0 Å². The first-order valence-electron chi connectivity index (χ1n) is 5.46. The quantitative estimate of drug-likeness (QED) is 0.854. The Kier molecular flexibility index (Phi) is 3.62. The third-order valence-electron chi connectivity index (χ3n) is 2.60. The third kappa shape index (κ3) is 2.51. The topological polar surface area (TPSA) is 42.4 Å².